The van der Waals surface area contributed by atoms with E-state index in [2.05, 4.69) is 10.0 Å². The predicted octanol–water partition coefficient (Wildman–Crippen LogP) is 2.60. The first kappa shape index (κ1) is 19.6. The Hall–Kier alpha value is -1.74. The average molecular weight is 382 g/mol. The quantitative estimate of drug-likeness (QED) is 0.773. The van der Waals surface area contributed by atoms with Crippen molar-refractivity contribution in [2.45, 2.75) is 24.8 Å². The van der Waals surface area contributed by atoms with Crippen LogP contribution in [0, 0.1) is 6.92 Å². The van der Waals surface area contributed by atoms with Crippen molar-refractivity contribution in [3.05, 3.63) is 46.2 Å². The molecular weight excluding hydrogens is 358 g/mol. The summed E-state index contributed by atoms with van der Waals surface area (Å²) < 4.78 is 28.0. The molecule has 1 atom stereocenters. The normalized spacial score (nSPS) is 13.0. The minimum Gasteiger partial charge on any atom is -0.326 e. The molecule has 0 bridgehead atoms. The summed E-state index contributed by atoms with van der Waals surface area (Å²) in [6.07, 6.45) is 0. The first-order valence-corrected chi connectivity index (χ1v) is 10.2. The Bertz CT molecular complexity index is 831. The minimum atomic E-state index is -3.64. The van der Waals surface area contributed by atoms with Crippen molar-refractivity contribution in [2.75, 3.05) is 26.0 Å². The van der Waals surface area contributed by atoms with Crippen LogP contribution in [0.4, 0.5) is 5.69 Å². The van der Waals surface area contributed by atoms with E-state index in [-0.39, 0.29) is 23.4 Å². The lowest BCUT2D eigenvalue weighted by molar-refractivity contribution is -0.114. The maximum absolute atomic E-state index is 12.7. The van der Waals surface area contributed by atoms with Crippen molar-refractivity contribution in [2.24, 2.45) is 0 Å². The van der Waals surface area contributed by atoms with Crippen LogP contribution in [-0.2, 0) is 14.8 Å². The molecule has 1 heterocycles. The number of nitrogens with zero attached hydrogens (tertiary/aromatic N) is 1. The van der Waals surface area contributed by atoms with Gasteiger partial charge >= 0.3 is 0 Å². The SMILES string of the molecule is CC(=O)Nc1ccc(S(=O)(=O)NCC(c2ccsc2)N(C)C)c(C)c1. The number of anilines is 1. The fraction of sp³-hybridized carbons (Fsp3) is 0.353. The first-order valence-electron chi connectivity index (χ1n) is 7.77. The van der Waals surface area contributed by atoms with Crippen LogP contribution in [0.5, 0.6) is 0 Å². The number of amides is 1. The van der Waals surface area contributed by atoms with Crippen LogP contribution in [0.15, 0.2) is 39.9 Å². The molecule has 25 heavy (non-hydrogen) atoms. The number of hydrogen-bond acceptors (Lipinski definition) is 5. The Morgan fingerprint density at radius 1 is 1.28 bits per heavy atom. The number of hydrogen-bond donors (Lipinski definition) is 2. The molecule has 0 spiro atoms. The standard InChI is InChI=1S/C17H23N3O3S2/c1-12-9-15(19-13(2)21)5-6-17(12)25(22,23)18-10-16(20(3)4)14-7-8-24-11-14/h5-9,11,16,18H,10H2,1-4H3,(H,19,21). The van der Waals surface area contributed by atoms with Crippen LogP contribution in [0.1, 0.15) is 24.1 Å². The summed E-state index contributed by atoms with van der Waals surface area (Å²) in [6, 6.07) is 6.71. The maximum atomic E-state index is 12.7. The van der Waals surface area contributed by atoms with Crippen molar-refractivity contribution in [1.82, 2.24) is 9.62 Å². The lowest BCUT2D eigenvalue weighted by atomic mass is 10.1. The van der Waals surface area contributed by atoms with E-state index >= 15 is 0 Å². The third-order valence-electron chi connectivity index (χ3n) is 3.80. The molecule has 0 saturated carbocycles. The minimum absolute atomic E-state index is 0.0417. The van der Waals surface area contributed by atoms with Gasteiger partial charge in [0.25, 0.3) is 0 Å². The van der Waals surface area contributed by atoms with Crippen LogP contribution >= 0.6 is 11.3 Å². The van der Waals surface area contributed by atoms with E-state index in [0.29, 0.717) is 11.3 Å². The number of carbonyl (C=O) groups is 1. The monoisotopic (exact) mass is 381 g/mol. The van der Waals surface area contributed by atoms with Gasteiger partial charge in [-0.05, 0) is 67.2 Å². The largest absolute Gasteiger partial charge is 0.326 e. The van der Waals surface area contributed by atoms with Gasteiger partial charge in [-0.3, -0.25) is 4.79 Å². The van der Waals surface area contributed by atoms with Gasteiger partial charge in [0.15, 0.2) is 0 Å². The first-order chi connectivity index (χ1) is 11.7. The van der Waals surface area contributed by atoms with Crippen LogP contribution in [0.3, 0.4) is 0 Å². The number of benzene rings is 1. The van der Waals surface area contributed by atoms with Gasteiger partial charge < -0.3 is 10.2 Å². The molecule has 0 aliphatic rings. The molecule has 0 aliphatic carbocycles. The molecule has 0 radical (unpaired) electrons. The second kappa shape index (κ2) is 8.09. The van der Waals surface area contributed by atoms with Crippen molar-refractivity contribution < 1.29 is 13.2 Å². The summed E-state index contributed by atoms with van der Waals surface area (Å²) >= 11 is 1.59. The Morgan fingerprint density at radius 3 is 2.52 bits per heavy atom. The number of carbonyl (C=O) groups excluding carboxylic acids is 1. The van der Waals surface area contributed by atoms with E-state index < -0.39 is 10.0 Å². The second-order valence-corrected chi connectivity index (χ2v) is 8.56. The van der Waals surface area contributed by atoms with Crippen molar-refractivity contribution in [1.29, 1.82) is 0 Å². The molecule has 0 saturated heterocycles. The molecule has 0 fully saturated rings. The molecule has 0 aliphatic heterocycles. The Balaban J connectivity index is 2.17. The molecule has 6 nitrogen and oxygen atoms in total. The number of thiophene rings is 1. The third kappa shape index (κ3) is 5.12. The van der Waals surface area contributed by atoms with Gasteiger partial charge in [-0.15, -0.1) is 0 Å². The lowest BCUT2D eigenvalue weighted by Gasteiger charge is -2.24. The fourth-order valence-electron chi connectivity index (χ4n) is 2.56. The van der Waals surface area contributed by atoms with Gasteiger partial charge in [-0.2, -0.15) is 11.3 Å². The second-order valence-electron chi connectivity index (χ2n) is 6.05. The highest BCUT2D eigenvalue weighted by Gasteiger charge is 2.21. The van der Waals surface area contributed by atoms with E-state index in [4.69, 9.17) is 0 Å². The zero-order chi connectivity index (χ0) is 18.6. The topological polar surface area (TPSA) is 78.5 Å². The molecule has 8 heteroatoms. The summed E-state index contributed by atoms with van der Waals surface area (Å²) in [5, 5.41) is 6.65. The van der Waals surface area contributed by atoms with Gasteiger partial charge in [0.1, 0.15) is 0 Å². The summed E-state index contributed by atoms with van der Waals surface area (Å²) in [6.45, 7) is 3.40. The highest BCUT2D eigenvalue weighted by molar-refractivity contribution is 7.89. The zero-order valence-corrected chi connectivity index (χ0v) is 16.4. The van der Waals surface area contributed by atoms with Gasteiger partial charge in [0, 0.05) is 25.2 Å². The maximum Gasteiger partial charge on any atom is 0.240 e. The van der Waals surface area contributed by atoms with E-state index in [1.165, 1.54) is 13.0 Å². The summed E-state index contributed by atoms with van der Waals surface area (Å²) in [7, 11) is 0.200. The van der Waals surface area contributed by atoms with Crippen LogP contribution in [0.25, 0.3) is 0 Å². The average Bonchev–Trinajstić information content (AvgIpc) is 3.00. The number of aryl methyl sites for hydroxylation is 1. The molecule has 1 amide bonds. The molecule has 2 rings (SSSR count). The number of sulfonamides is 1. The highest BCUT2D eigenvalue weighted by atomic mass is 32.2. The van der Waals surface area contributed by atoms with Gasteiger partial charge in [0.2, 0.25) is 15.9 Å². The summed E-state index contributed by atoms with van der Waals surface area (Å²) in [5.41, 5.74) is 2.24. The van der Waals surface area contributed by atoms with Gasteiger partial charge in [0.05, 0.1) is 4.90 Å². The molecule has 2 N–H and O–H groups in total. The van der Waals surface area contributed by atoms with E-state index in [1.807, 2.05) is 35.8 Å². The Labute approximate surface area is 152 Å². The Morgan fingerprint density at radius 2 is 2.00 bits per heavy atom. The lowest BCUT2D eigenvalue weighted by Crippen LogP contribution is -2.34. The molecule has 2 aromatic rings. The number of rotatable bonds is 7. The van der Waals surface area contributed by atoms with Gasteiger partial charge in [-0.1, -0.05) is 0 Å². The highest BCUT2D eigenvalue weighted by Crippen LogP contribution is 2.23. The number of likely N-dealkylation sites (N-methyl/N-ethyl adjacent to an activating group) is 1. The van der Waals surface area contributed by atoms with Crippen molar-refractivity contribution in [3.63, 3.8) is 0 Å². The van der Waals surface area contributed by atoms with Crippen LogP contribution < -0.4 is 10.0 Å². The number of nitrogens with one attached hydrogen (secondary N) is 2. The zero-order valence-electron chi connectivity index (χ0n) is 14.7. The summed E-state index contributed by atoms with van der Waals surface area (Å²) in [5.74, 6) is -0.197. The van der Waals surface area contributed by atoms with E-state index in [1.54, 1.807) is 30.4 Å². The third-order valence-corrected chi connectivity index (χ3v) is 6.09. The van der Waals surface area contributed by atoms with Crippen molar-refractivity contribution in [3.8, 4) is 0 Å². The molecule has 1 aromatic carbocycles. The summed E-state index contributed by atoms with van der Waals surface area (Å²) in [4.78, 5) is 13.3. The van der Waals surface area contributed by atoms with Gasteiger partial charge in [-0.25, -0.2) is 13.1 Å². The van der Waals surface area contributed by atoms with E-state index in [0.717, 1.165) is 5.56 Å². The molecule has 136 valence electrons. The smallest absolute Gasteiger partial charge is 0.240 e. The predicted molar refractivity (Wildman–Crippen MR) is 101 cm³/mol. The van der Waals surface area contributed by atoms with Crippen LogP contribution in [0.2, 0.25) is 0 Å². The van der Waals surface area contributed by atoms with E-state index in [9.17, 15) is 13.2 Å². The van der Waals surface area contributed by atoms with Crippen LogP contribution in [-0.4, -0.2) is 39.9 Å². The molecular formula is C17H23N3O3S2. The fourth-order valence-corrected chi connectivity index (χ4v) is 4.53. The molecule has 1 unspecified atom stereocenters. The molecule has 1 aromatic heterocycles. The Kier molecular flexibility index (Phi) is 6.34. The van der Waals surface area contributed by atoms with Crippen molar-refractivity contribution >= 4 is 33.0 Å².